The number of carbonyl (C=O) groups excluding carboxylic acids is 1. The Hall–Kier alpha value is -4.06. The van der Waals surface area contributed by atoms with E-state index < -0.39 is 0 Å². The fourth-order valence-corrected chi connectivity index (χ4v) is 4.65. The number of rotatable bonds is 6. The van der Waals surface area contributed by atoms with Crippen molar-refractivity contribution in [2.75, 3.05) is 6.61 Å². The Morgan fingerprint density at radius 3 is 2.47 bits per heavy atom. The highest BCUT2D eigenvalue weighted by Gasteiger charge is 2.43. The maximum atomic E-state index is 13.8. The van der Waals surface area contributed by atoms with E-state index in [2.05, 4.69) is 12.1 Å². The summed E-state index contributed by atoms with van der Waals surface area (Å²) < 4.78 is 7.35. The number of phenols is 1. The van der Waals surface area contributed by atoms with Gasteiger partial charge >= 0.3 is 0 Å². The van der Waals surface area contributed by atoms with Crippen LogP contribution in [0.15, 0.2) is 72.8 Å². The number of aromatic nitrogens is 2. The van der Waals surface area contributed by atoms with Crippen LogP contribution in [0.5, 0.6) is 11.5 Å². The van der Waals surface area contributed by atoms with Gasteiger partial charge < -0.3 is 14.7 Å². The third-order valence-corrected chi connectivity index (χ3v) is 6.25. The van der Waals surface area contributed by atoms with Gasteiger partial charge in [-0.3, -0.25) is 9.48 Å². The van der Waals surface area contributed by atoms with E-state index in [4.69, 9.17) is 9.84 Å². The lowest BCUT2D eigenvalue weighted by molar-refractivity contribution is 0.0725. The number of hydrogen-bond donors (Lipinski definition) is 1. The molecule has 0 fully saturated rings. The second-order valence-corrected chi connectivity index (χ2v) is 8.58. The molecule has 34 heavy (non-hydrogen) atoms. The molecule has 0 unspecified atom stereocenters. The van der Waals surface area contributed by atoms with Crippen LogP contribution < -0.4 is 4.74 Å². The number of benzene rings is 3. The van der Waals surface area contributed by atoms with Crippen molar-refractivity contribution in [2.24, 2.45) is 7.05 Å². The lowest BCUT2D eigenvalue weighted by atomic mass is 9.95. The summed E-state index contributed by atoms with van der Waals surface area (Å²) in [5.41, 5.74) is 6.29. The molecule has 1 aliphatic rings. The van der Waals surface area contributed by atoms with Gasteiger partial charge in [-0.2, -0.15) is 5.10 Å². The van der Waals surface area contributed by atoms with E-state index in [0.29, 0.717) is 24.6 Å². The molecule has 4 aromatic rings. The molecule has 1 N–H and O–H groups in total. The molecule has 3 aromatic carbocycles. The summed E-state index contributed by atoms with van der Waals surface area (Å²) in [6, 6.07) is 23.1. The molecule has 0 radical (unpaired) electrons. The first-order valence-electron chi connectivity index (χ1n) is 11.4. The second-order valence-electron chi connectivity index (χ2n) is 8.58. The first kappa shape index (κ1) is 21.8. The van der Waals surface area contributed by atoms with Crippen LogP contribution in [0.1, 0.15) is 45.7 Å². The molecule has 0 bridgehead atoms. The first-order valence-corrected chi connectivity index (χ1v) is 11.4. The molecule has 0 aliphatic carbocycles. The Balaban J connectivity index is 1.69. The number of hydrogen-bond acceptors (Lipinski definition) is 4. The number of amides is 1. The lowest BCUT2D eigenvalue weighted by Crippen LogP contribution is -2.29. The Labute approximate surface area is 199 Å². The smallest absolute Gasteiger partial charge is 0.273 e. The SMILES string of the molecule is CCOc1cc([C@@H]2c3c(-c4ccc(C)cc4)nn(C)c3C(=O)N2Cc2ccccc2)ccc1O. The predicted octanol–water partition coefficient (Wildman–Crippen LogP) is 5.25. The van der Waals surface area contributed by atoms with Crippen molar-refractivity contribution in [3.8, 4) is 22.8 Å². The van der Waals surface area contributed by atoms with E-state index in [1.54, 1.807) is 10.7 Å². The number of aryl methyl sites for hydroxylation is 2. The fourth-order valence-electron chi connectivity index (χ4n) is 4.65. The highest BCUT2D eigenvalue weighted by Crippen LogP contribution is 2.45. The Bertz CT molecular complexity index is 1340. The maximum absolute atomic E-state index is 13.8. The van der Waals surface area contributed by atoms with Crippen molar-refractivity contribution >= 4 is 5.91 Å². The standard InChI is InChI=1S/C28H27N3O3/c1-4-34-23-16-21(14-15-22(23)32)26-24-25(20-12-10-18(2)11-13-20)29-30(3)27(24)28(33)31(26)17-19-8-6-5-7-9-19/h5-16,26,32H,4,17H2,1-3H3/t26-/m1/s1. The molecule has 1 aliphatic heterocycles. The van der Waals surface area contributed by atoms with Gasteiger partial charge in [-0.05, 0) is 37.1 Å². The van der Waals surface area contributed by atoms with Crippen molar-refractivity contribution in [1.82, 2.24) is 14.7 Å². The van der Waals surface area contributed by atoms with Crippen LogP contribution in [0.2, 0.25) is 0 Å². The third-order valence-electron chi connectivity index (χ3n) is 6.25. The zero-order valence-corrected chi connectivity index (χ0v) is 19.5. The second kappa shape index (κ2) is 8.71. The molecule has 6 nitrogen and oxygen atoms in total. The molecule has 172 valence electrons. The summed E-state index contributed by atoms with van der Waals surface area (Å²) in [5.74, 6) is 0.416. The Morgan fingerprint density at radius 2 is 1.76 bits per heavy atom. The summed E-state index contributed by atoms with van der Waals surface area (Å²) in [5, 5.41) is 15.1. The van der Waals surface area contributed by atoms with Gasteiger partial charge in [0.2, 0.25) is 0 Å². The van der Waals surface area contributed by atoms with E-state index in [1.807, 2.05) is 80.4 Å². The van der Waals surface area contributed by atoms with Crippen LogP contribution in [0.4, 0.5) is 0 Å². The molecule has 0 saturated carbocycles. The molecule has 1 amide bonds. The summed E-state index contributed by atoms with van der Waals surface area (Å²) in [6.07, 6.45) is 0. The highest BCUT2D eigenvalue weighted by atomic mass is 16.5. The van der Waals surface area contributed by atoms with Crippen molar-refractivity contribution in [3.05, 3.63) is 101 Å². The van der Waals surface area contributed by atoms with Crippen LogP contribution in [-0.2, 0) is 13.6 Å². The van der Waals surface area contributed by atoms with E-state index in [0.717, 1.165) is 33.5 Å². The number of fused-ring (bicyclic) bond motifs is 1. The summed E-state index contributed by atoms with van der Waals surface area (Å²) in [6.45, 7) is 4.81. The minimum Gasteiger partial charge on any atom is -0.504 e. The van der Waals surface area contributed by atoms with Gasteiger partial charge in [0.1, 0.15) is 5.69 Å². The average Bonchev–Trinajstić information content (AvgIpc) is 3.32. The lowest BCUT2D eigenvalue weighted by Gasteiger charge is -2.27. The number of phenolic OH excluding ortho intramolecular Hbond substituents is 1. The largest absolute Gasteiger partial charge is 0.504 e. The average molecular weight is 454 g/mol. The van der Waals surface area contributed by atoms with Crippen LogP contribution in [0.25, 0.3) is 11.3 Å². The van der Waals surface area contributed by atoms with Gasteiger partial charge in [-0.1, -0.05) is 66.2 Å². The molecular weight excluding hydrogens is 426 g/mol. The zero-order valence-electron chi connectivity index (χ0n) is 19.5. The van der Waals surface area contributed by atoms with Gasteiger partial charge in [0.25, 0.3) is 5.91 Å². The fraction of sp³-hybridized carbons (Fsp3) is 0.214. The third kappa shape index (κ3) is 3.71. The molecule has 2 heterocycles. The Kier molecular flexibility index (Phi) is 5.57. The van der Waals surface area contributed by atoms with Gasteiger partial charge in [0, 0.05) is 24.7 Å². The summed E-state index contributed by atoms with van der Waals surface area (Å²) in [7, 11) is 1.82. The van der Waals surface area contributed by atoms with Crippen molar-refractivity contribution in [1.29, 1.82) is 0 Å². The predicted molar refractivity (Wildman–Crippen MR) is 131 cm³/mol. The molecule has 0 spiro atoms. The highest BCUT2D eigenvalue weighted by molar-refractivity contribution is 6.00. The van der Waals surface area contributed by atoms with E-state index in [-0.39, 0.29) is 17.7 Å². The molecule has 5 rings (SSSR count). The summed E-state index contributed by atoms with van der Waals surface area (Å²) in [4.78, 5) is 15.6. The van der Waals surface area contributed by atoms with Gasteiger partial charge in [-0.15, -0.1) is 0 Å². The van der Waals surface area contributed by atoms with Crippen molar-refractivity contribution in [3.63, 3.8) is 0 Å². The normalized spacial score (nSPS) is 15.0. The minimum absolute atomic E-state index is 0.0664. The summed E-state index contributed by atoms with van der Waals surface area (Å²) >= 11 is 0. The van der Waals surface area contributed by atoms with Crippen LogP contribution in [-0.4, -0.2) is 32.3 Å². The van der Waals surface area contributed by atoms with Gasteiger partial charge in [0.15, 0.2) is 11.5 Å². The first-order chi connectivity index (χ1) is 16.5. The molecule has 1 atom stereocenters. The minimum atomic E-state index is -0.368. The Morgan fingerprint density at radius 1 is 1.03 bits per heavy atom. The van der Waals surface area contributed by atoms with Crippen LogP contribution in [0.3, 0.4) is 0 Å². The van der Waals surface area contributed by atoms with E-state index >= 15 is 0 Å². The molecule has 0 saturated heterocycles. The monoisotopic (exact) mass is 453 g/mol. The molecule has 1 aromatic heterocycles. The topological polar surface area (TPSA) is 67.6 Å². The number of nitrogens with zero attached hydrogens (tertiary/aromatic N) is 3. The van der Waals surface area contributed by atoms with Gasteiger partial charge in [-0.25, -0.2) is 0 Å². The van der Waals surface area contributed by atoms with Crippen molar-refractivity contribution in [2.45, 2.75) is 26.4 Å². The van der Waals surface area contributed by atoms with Gasteiger partial charge in [0.05, 0.1) is 18.3 Å². The number of aromatic hydroxyl groups is 1. The zero-order chi connectivity index (χ0) is 23.8. The number of carbonyl (C=O) groups is 1. The van der Waals surface area contributed by atoms with Crippen LogP contribution >= 0.6 is 0 Å². The molecule has 6 heteroatoms. The molecular formula is C28H27N3O3. The van der Waals surface area contributed by atoms with Crippen LogP contribution in [0, 0.1) is 6.92 Å². The van der Waals surface area contributed by atoms with E-state index in [9.17, 15) is 9.90 Å². The quantitative estimate of drug-likeness (QED) is 0.433. The maximum Gasteiger partial charge on any atom is 0.273 e. The van der Waals surface area contributed by atoms with Crippen molar-refractivity contribution < 1.29 is 14.6 Å². The number of ether oxygens (including phenoxy) is 1. The van der Waals surface area contributed by atoms with E-state index in [1.165, 1.54) is 0 Å².